The quantitative estimate of drug-likeness (QED) is 0.256. The molecule has 1 aliphatic rings. The van der Waals surface area contributed by atoms with Gasteiger partial charge in [0.1, 0.15) is 18.3 Å². The summed E-state index contributed by atoms with van der Waals surface area (Å²) in [5.41, 5.74) is 0. The molecule has 0 aromatic carbocycles. The minimum atomic E-state index is -1.07. The molecule has 0 amide bonds. The summed E-state index contributed by atoms with van der Waals surface area (Å²) in [6, 6.07) is 0. The average Bonchev–Trinajstić information content (AvgIpc) is 2.69. The molecule has 0 radical (unpaired) electrons. The Bertz CT molecular complexity index is 393. The van der Waals surface area contributed by atoms with Crippen LogP contribution in [0.4, 0.5) is 0 Å². The molecular formula is C22H42O5S. The molecule has 0 aromatic heterocycles. The number of hydrogen-bond acceptors (Lipinski definition) is 6. The molecule has 0 aliphatic carbocycles. The third-order valence-corrected chi connectivity index (χ3v) is 5.81. The van der Waals surface area contributed by atoms with Gasteiger partial charge in [-0.3, -0.25) is 0 Å². The van der Waals surface area contributed by atoms with Crippen LogP contribution >= 0.6 is 12.2 Å². The maximum atomic E-state index is 10.1. The Morgan fingerprint density at radius 2 is 1.39 bits per heavy atom. The van der Waals surface area contributed by atoms with Crippen molar-refractivity contribution >= 4 is 17.3 Å². The first-order valence-corrected chi connectivity index (χ1v) is 11.8. The maximum Gasteiger partial charge on any atom is 0.160 e. The van der Waals surface area contributed by atoms with E-state index in [1.54, 1.807) is 0 Å². The molecule has 1 fully saturated rings. The molecule has 28 heavy (non-hydrogen) atoms. The number of unbranched alkanes of at least 4 members (excludes halogenated alkanes) is 12. The zero-order valence-electron chi connectivity index (χ0n) is 17.7. The van der Waals surface area contributed by atoms with Gasteiger partial charge in [0.2, 0.25) is 0 Å². The predicted molar refractivity (Wildman–Crippen MR) is 117 cm³/mol. The van der Waals surface area contributed by atoms with E-state index in [9.17, 15) is 15.3 Å². The Hall–Kier alpha value is -0.270. The van der Waals surface area contributed by atoms with E-state index in [1.165, 1.54) is 70.6 Å². The smallest absolute Gasteiger partial charge is 0.160 e. The molecule has 0 bridgehead atoms. The van der Waals surface area contributed by atoms with Crippen LogP contribution < -0.4 is 0 Å². The van der Waals surface area contributed by atoms with Gasteiger partial charge in [-0.05, 0) is 18.6 Å². The number of hydrogen-bond donors (Lipinski definition) is 3. The van der Waals surface area contributed by atoms with Crippen molar-refractivity contribution in [1.29, 1.82) is 0 Å². The van der Waals surface area contributed by atoms with Crippen LogP contribution in [0.3, 0.4) is 0 Å². The van der Waals surface area contributed by atoms with Gasteiger partial charge in [0.05, 0.1) is 13.2 Å². The molecular weight excluding hydrogens is 376 g/mol. The molecule has 0 saturated carbocycles. The van der Waals surface area contributed by atoms with Crippen LogP contribution in [0.2, 0.25) is 0 Å². The molecule has 5 nitrogen and oxygen atoms in total. The van der Waals surface area contributed by atoms with E-state index in [4.69, 9.17) is 21.7 Å². The standard InChI is InChI=1S/C22H42O5S/c1-2-3-4-5-6-7-8-9-10-11-12-13-14-15-20(28)27-22-18(24)17-26-19(16-23)21(22)25/h18-19,21-25H,2-17H2,1H3/t18-,19+,21+,22+/m0/s1. The van der Waals surface area contributed by atoms with Gasteiger partial charge in [0.25, 0.3) is 0 Å². The number of rotatable bonds is 16. The third-order valence-electron chi connectivity index (χ3n) is 5.51. The molecule has 1 aliphatic heterocycles. The number of aliphatic hydroxyl groups is 3. The van der Waals surface area contributed by atoms with Crippen LogP contribution in [0.5, 0.6) is 0 Å². The van der Waals surface area contributed by atoms with E-state index >= 15 is 0 Å². The highest BCUT2D eigenvalue weighted by Gasteiger charge is 2.40. The van der Waals surface area contributed by atoms with Crippen LogP contribution in [0.1, 0.15) is 96.8 Å². The Balaban J connectivity index is 1.96. The van der Waals surface area contributed by atoms with Gasteiger partial charge in [-0.25, -0.2) is 0 Å². The van der Waals surface area contributed by atoms with Crippen molar-refractivity contribution in [2.24, 2.45) is 0 Å². The summed E-state index contributed by atoms with van der Waals surface area (Å²) in [5, 5.41) is 29.6. The van der Waals surface area contributed by atoms with Crippen LogP contribution in [-0.4, -0.2) is 58.0 Å². The van der Waals surface area contributed by atoms with E-state index in [0.29, 0.717) is 11.5 Å². The Labute approximate surface area is 176 Å². The van der Waals surface area contributed by atoms with Crippen molar-refractivity contribution in [3.8, 4) is 0 Å². The van der Waals surface area contributed by atoms with Gasteiger partial charge in [-0.15, -0.1) is 0 Å². The Kier molecular flexibility index (Phi) is 15.2. The van der Waals surface area contributed by atoms with Crippen LogP contribution in [0, 0.1) is 0 Å². The van der Waals surface area contributed by atoms with E-state index in [0.717, 1.165) is 12.8 Å². The zero-order chi connectivity index (χ0) is 20.6. The number of ether oxygens (including phenoxy) is 2. The second kappa shape index (κ2) is 16.5. The molecule has 0 aromatic rings. The predicted octanol–water partition coefficient (Wildman–Crippen LogP) is 4.29. The Morgan fingerprint density at radius 1 is 0.893 bits per heavy atom. The maximum absolute atomic E-state index is 10.1. The molecule has 1 rings (SSSR count). The molecule has 4 atom stereocenters. The fraction of sp³-hybridized carbons (Fsp3) is 0.955. The van der Waals surface area contributed by atoms with Gasteiger partial charge in [0.15, 0.2) is 11.2 Å². The minimum Gasteiger partial charge on any atom is -0.478 e. The van der Waals surface area contributed by atoms with Crippen LogP contribution in [0.25, 0.3) is 0 Å². The second-order valence-corrected chi connectivity index (χ2v) is 8.51. The SMILES string of the molecule is CCCCCCCCCCCCCCCC(=S)O[C@H]1[C@H](O)[C@@H](CO)OC[C@@H]1O. The van der Waals surface area contributed by atoms with Gasteiger partial charge in [-0.2, -0.15) is 0 Å². The van der Waals surface area contributed by atoms with Crippen molar-refractivity contribution in [2.75, 3.05) is 13.2 Å². The van der Waals surface area contributed by atoms with Crippen molar-refractivity contribution in [2.45, 2.75) is 121 Å². The Morgan fingerprint density at radius 3 is 1.89 bits per heavy atom. The summed E-state index contributed by atoms with van der Waals surface area (Å²) >= 11 is 5.25. The van der Waals surface area contributed by atoms with Crippen molar-refractivity contribution < 1.29 is 24.8 Å². The topological polar surface area (TPSA) is 79.2 Å². The molecule has 3 N–H and O–H groups in total. The summed E-state index contributed by atoms with van der Waals surface area (Å²) in [6.07, 6.45) is 14.0. The second-order valence-electron chi connectivity index (χ2n) is 8.06. The fourth-order valence-electron chi connectivity index (χ4n) is 3.66. The summed E-state index contributed by atoms with van der Waals surface area (Å²) in [6.45, 7) is 1.99. The molecule has 0 unspecified atom stereocenters. The van der Waals surface area contributed by atoms with Gasteiger partial charge in [0, 0.05) is 6.42 Å². The van der Waals surface area contributed by atoms with Crippen molar-refractivity contribution in [1.82, 2.24) is 0 Å². The van der Waals surface area contributed by atoms with E-state index in [1.807, 2.05) is 0 Å². The van der Waals surface area contributed by atoms with Crippen molar-refractivity contribution in [3.63, 3.8) is 0 Å². The van der Waals surface area contributed by atoms with Crippen LogP contribution in [0.15, 0.2) is 0 Å². The summed E-state index contributed by atoms with van der Waals surface area (Å²) in [7, 11) is 0. The van der Waals surface area contributed by atoms with E-state index in [-0.39, 0.29) is 13.2 Å². The highest BCUT2D eigenvalue weighted by atomic mass is 32.1. The average molecular weight is 419 g/mol. The third kappa shape index (κ3) is 11.1. The largest absolute Gasteiger partial charge is 0.478 e. The van der Waals surface area contributed by atoms with Crippen molar-refractivity contribution in [3.05, 3.63) is 0 Å². The monoisotopic (exact) mass is 418 g/mol. The number of thiocarbonyl (C=S) groups is 1. The number of aliphatic hydroxyl groups excluding tert-OH is 3. The minimum absolute atomic E-state index is 0.0360. The highest BCUT2D eigenvalue weighted by Crippen LogP contribution is 2.20. The first-order valence-electron chi connectivity index (χ1n) is 11.4. The van der Waals surface area contributed by atoms with Gasteiger partial charge >= 0.3 is 0 Å². The fourth-order valence-corrected chi connectivity index (χ4v) is 3.92. The first-order chi connectivity index (χ1) is 13.6. The van der Waals surface area contributed by atoms with Gasteiger partial charge in [-0.1, -0.05) is 84.0 Å². The lowest BCUT2D eigenvalue weighted by Gasteiger charge is -2.37. The lowest BCUT2D eigenvalue weighted by atomic mass is 10.0. The highest BCUT2D eigenvalue weighted by molar-refractivity contribution is 7.80. The zero-order valence-corrected chi connectivity index (χ0v) is 18.5. The normalized spacial score (nSPS) is 25.0. The van der Waals surface area contributed by atoms with Crippen LogP contribution in [-0.2, 0) is 9.47 Å². The molecule has 1 saturated heterocycles. The van der Waals surface area contributed by atoms with E-state index < -0.39 is 24.4 Å². The lowest BCUT2D eigenvalue weighted by Crippen LogP contribution is -2.55. The summed E-state index contributed by atoms with van der Waals surface area (Å²) in [4.78, 5) is 0. The summed E-state index contributed by atoms with van der Waals surface area (Å²) < 4.78 is 10.8. The lowest BCUT2D eigenvalue weighted by molar-refractivity contribution is -0.190. The molecule has 1 heterocycles. The van der Waals surface area contributed by atoms with Gasteiger partial charge < -0.3 is 24.8 Å². The van der Waals surface area contributed by atoms with E-state index in [2.05, 4.69) is 6.92 Å². The molecule has 6 heteroatoms. The molecule has 166 valence electrons. The summed E-state index contributed by atoms with van der Waals surface area (Å²) in [5.74, 6) is 0. The molecule has 0 spiro atoms. The first kappa shape index (κ1) is 25.8.